The van der Waals surface area contributed by atoms with Crippen molar-refractivity contribution in [2.45, 2.75) is 26.2 Å². The summed E-state index contributed by atoms with van der Waals surface area (Å²) in [6.07, 6.45) is 3.27. The molecule has 0 spiro atoms. The average Bonchev–Trinajstić information content (AvgIpc) is 3.05. The Morgan fingerprint density at radius 3 is 2.59 bits per heavy atom. The van der Waals surface area contributed by atoms with E-state index >= 15 is 0 Å². The first-order valence-corrected chi connectivity index (χ1v) is 11.3. The first kappa shape index (κ1) is 23.5. The van der Waals surface area contributed by atoms with Crippen LogP contribution in [-0.4, -0.2) is 38.6 Å². The first-order chi connectivity index (χ1) is 15.4. The molecule has 1 heterocycles. The number of carbonyl (C=O) groups excluding carboxylic acids is 3. The molecule has 2 aromatic carbocycles. The van der Waals surface area contributed by atoms with Gasteiger partial charge in [-0.2, -0.15) is 0 Å². The lowest BCUT2D eigenvalue weighted by atomic mass is 10.1. The summed E-state index contributed by atoms with van der Waals surface area (Å²) in [5, 5.41) is 9.41. The van der Waals surface area contributed by atoms with E-state index in [1.54, 1.807) is 0 Å². The van der Waals surface area contributed by atoms with Gasteiger partial charge >= 0.3 is 0 Å². The van der Waals surface area contributed by atoms with E-state index in [-0.39, 0.29) is 23.6 Å². The Hall–Kier alpha value is -3.17. The first-order valence-electron chi connectivity index (χ1n) is 10.1. The van der Waals surface area contributed by atoms with Crippen LogP contribution >= 0.6 is 24.0 Å². The standard InChI is InChI=1S/C23H23N3O4S2/c1-2-15-8-10-16(11-9-15)13-19-22(30)26(23(31)32-19)12-4-7-20(28)24-25-21(29)17-5-3-6-18(27)14-17/h3,5-6,8-11,13-14,27H,2,4,7,12H2,1H3,(H,24,28)(H,25,29)/b19-13-. The zero-order chi connectivity index (χ0) is 23.1. The number of hydrogen-bond acceptors (Lipinski definition) is 6. The smallest absolute Gasteiger partial charge is 0.269 e. The van der Waals surface area contributed by atoms with Crippen LogP contribution in [0.2, 0.25) is 0 Å². The molecule has 1 saturated heterocycles. The van der Waals surface area contributed by atoms with Crippen LogP contribution in [0.4, 0.5) is 0 Å². The molecular formula is C23H23N3O4S2. The quantitative estimate of drug-likeness (QED) is 0.327. The maximum atomic E-state index is 12.7. The number of amides is 3. The molecule has 7 nitrogen and oxygen atoms in total. The highest BCUT2D eigenvalue weighted by Gasteiger charge is 2.31. The van der Waals surface area contributed by atoms with Crippen LogP contribution in [0.5, 0.6) is 5.75 Å². The van der Waals surface area contributed by atoms with Crippen molar-refractivity contribution in [2.24, 2.45) is 0 Å². The summed E-state index contributed by atoms with van der Waals surface area (Å²) in [6, 6.07) is 13.8. The molecule has 32 heavy (non-hydrogen) atoms. The van der Waals surface area contributed by atoms with E-state index < -0.39 is 11.8 Å². The molecule has 3 amide bonds. The largest absolute Gasteiger partial charge is 0.508 e. The molecule has 0 atom stereocenters. The molecular weight excluding hydrogens is 446 g/mol. The topological polar surface area (TPSA) is 98.7 Å². The molecule has 0 aromatic heterocycles. The van der Waals surface area contributed by atoms with E-state index in [1.807, 2.05) is 30.3 Å². The minimum atomic E-state index is -0.539. The highest BCUT2D eigenvalue weighted by molar-refractivity contribution is 8.26. The number of thioether (sulfide) groups is 1. The Morgan fingerprint density at radius 2 is 1.91 bits per heavy atom. The molecule has 2 aromatic rings. The zero-order valence-corrected chi connectivity index (χ0v) is 19.1. The van der Waals surface area contributed by atoms with Gasteiger partial charge in [0.25, 0.3) is 11.8 Å². The fraction of sp³-hybridized carbons (Fsp3) is 0.217. The van der Waals surface area contributed by atoms with Crippen LogP contribution in [0.15, 0.2) is 53.4 Å². The third-order valence-corrected chi connectivity index (χ3v) is 6.15. The second-order valence-electron chi connectivity index (χ2n) is 7.08. The van der Waals surface area contributed by atoms with Gasteiger partial charge in [-0.3, -0.25) is 30.1 Å². The highest BCUT2D eigenvalue weighted by atomic mass is 32.2. The van der Waals surface area contributed by atoms with Gasteiger partial charge in [0.15, 0.2) is 0 Å². The zero-order valence-electron chi connectivity index (χ0n) is 17.5. The third-order valence-electron chi connectivity index (χ3n) is 4.77. The molecule has 166 valence electrons. The van der Waals surface area contributed by atoms with Crippen LogP contribution in [0, 0.1) is 0 Å². The molecule has 9 heteroatoms. The fourth-order valence-electron chi connectivity index (χ4n) is 3.00. The van der Waals surface area contributed by atoms with Crippen molar-refractivity contribution in [2.75, 3.05) is 6.54 Å². The molecule has 0 aliphatic carbocycles. The fourth-order valence-corrected chi connectivity index (χ4v) is 4.31. The van der Waals surface area contributed by atoms with Crippen molar-refractivity contribution in [3.63, 3.8) is 0 Å². The van der Waals surface area contributed by atoms with Gasteiger partial charge in [0, 0.05) is 18.5 Å². The molecule has 0 saturated carbocycles. The summed E-state index contributed by atoms with van der Waals surface area (Å²) in [6.45, 7) is 2.40. The summed E-state index contributed by atoms with van der Waals surface area (Å²) < 4.78 is 0.462. The van der Waals surface area contributed by atoms with Crippen LogP contribution in [0.1, 0.15) is 41.3 Å². The Kier molecular flexibility index (Phi) is 8.02. The Morgan fingerprint density at radius 1 is 1.16 bits per heavy atom. The maximum absolute atomic E-state index is 12.7. The molecule has 0 bridgehead atoms. The van der Waals surface area contributed by atoms with Crippen molar-refractivity contribution in [1.29, 1.82) is 0 Å². The van der Waals surface area contributed by atoms with Gasteiger partial charge < -0.3 is 5.11 Å². The normalized spacial score (nSPS) is 14.7. The van der Waals surface area contributed by atoms with E-state index in [1.165, 1.54) is 46.5 Å². The van der Waals surface area contributed by atoms with Crippen LogP contribution in [-0.2, 0) is 16.0 Å². The third kappa shape index (κ3) is 6.18. The molecule has 1 aliphatic rings. The summed E-state index contributed by atoms with van der Waals surface area (Å²) in [4.78, 5) is 38.7. The summed E-state index contributed by atoms with van der Waals surface area (Å²) in [5.74, 6) is -1.14. The minimum Gasteiger partial charge on any atom is -0.508 e. The number of rotatable bonds is 7. The molecule has 3 N–H and O–H groups in total. The minimum absolute atomic E-state index is 0.0421. The summed E-state index contributed by atoms with van der Waals surface area (Å²) in [7, 11) is 0. The number of phenols is 1. The van der Waals surface area contributed by atoms with Gasteiger partial charge in [0.1, 0.15) is 10.1 Å². The van der Waals surface area contributed by atoms with Crippen molar-refractivity contribution in [3.05, 3.63) is 70.1 Å². The van der Waals surface area contributed by atoms with E-state index in [0.29, 0.717) is 22.2 Å². The van der Waals surface area contributed by atoms with Crippen molar-refractivity contribution in [1.82, 2.24) is 15.8 Å². The van der Waals surface area contributed by atoms with Crippen LogP contribution in [0.25, 0.3) is 6.08 Å². The predicted octanol–water partition coefficient (Wildman–Crippen LogP) is 3.40. The average molecular weight is 470 g/mol. The van der Waals surface area contributed by atoms with Crippen LogP contribution in [0.3, 0.4) is 0 Å². The second kappa shape index (κ2) is 10.9. The number of thiocarbonyl (C=S) groups is 1. The Labute approximate surface area is 195 Å². The lowest BCUT2D eigenvalue weighted by Crippen LogP contribution is -2.41. The highest BCUT2D eigenvalue weighted by Crippen LogP contribution is 2.32. The second-order valence-corrected chi connectivity index (χ2v) is 8.76. The number of phenolic OH excluding ortho intramolecular Hbond substituents is 1. The number of hydrogen-bond donors (Lipinski definition) is 3. The Balaban J connectivity index is 1.46. The summed E-state index contributed by atoms with van der Waals surface area (Å²) >= 11 is 6.58. The number of nitrogens with zero attached hydrogens (tertiary/aromatic N) is 1. The van der Waals surface area contributed by atoms with Crippen LogP contribution < -0.4 is 10.9 Å². The molecule has 0 radical (unpaired) electrons. The number of hydrazine groups is 1. The SMILES string of the molecule is CCc1ccc(/C=C2\SC(=S)N(CCCC(=O)NNC(=O)c3cccc(O)c3)C2=O)cc1. The summed E-state index contributed by atoms with van der Waals surface area (Å²) in [5.41, 5.74) is 7.01. The van der Waals surface area contributed by atoms with E-state index in [9.17, 15) is 19.5 Å². The van der Waals surface area contributed by atoms with Crippen molar-refractivity contribution in [3.8, 4) is 5.75 Å². The number of carbonyl (C=O) groups is 3. The van der Waals surface area contributed by atoms with Gasteiger partial charge in [0.2, 0.25) is 5.91 Å². The molecule has 0 unspecified atom stereocenters. The van der Waals surface area contributed by atoms with Gasteiger partial charge in [0.05, 0.1) is 4.91 Å². The van der Waals surface area contributed by atoms with Crippen molar-refractivity contribution < 1.29 is 19.5 Å². The van der Waals surface area contributed by atoms with E-state index in [4.69, 9.17) is 12.2 Å². The monoisotopic (exact) mass is 469 g/mol. The van der Waals surface area contributed by atoms with E-state index in [0.717, 1.165) is 12.0 Å². The lowest BCUT2D eigenvalue weighted by molar-refractivity contribution is -0.124. The van der Waals surface area contributed by atoms with Gasteiger partial charge in [-0.25, -0.2) is 0 Å². The Bertz CT molecular complexity index is 1070. The number of aryl methyl sites for hydroxylation is 1. The maximum Gasteiger partial charge on any atom is 0.269 e. The molecule has 3 rings (SSSR count). The van der Waals surface area contributed by atoms with Crippen molar-refractivity contribution >= 4 is 52.1 Å². The van der Waals surface area contributed by atoms with Gasteiger partial charge in [-0.1, -0.05) is 61.2 Å². The predicted molar refractivity (Wildman–Crippen MR) is 129 cm³/mol. The number of benzene rings is 2. The van der Waals surface area contributed by atoms with Gasteiger partial charge in [-0.15, -0.1) is 0 Å². The molecule has 1 fully saturated rings. The number of nitrogens with one attached hydrogen (secondary N) is 2. The number of aromatic hydroxyl groups is 1. The lowest BCUT2D eigenvalue weighted by Gasteiger charge is -2.14. The van der Waals surface area contributed by atoms with E-state index in [2.05, 4.69) is 17.8 Å². The molecule has 1 aliphatic heterocycles. The van der Waals surface area contributed by atoms with Gasteiger partial charge in [-0.05, 0) is 48.2 Å².